The van der Waals surface area contributed by atoms with Gasteiger partial charge in [0.1, 0.15) is 17.9 Å². The number of para-hydroxylation sites is 1. The van der Waals surface area contributed by atoms with Crippen molar-refractivity contribution in [1.29, 1.82) is 0 Å². The summed E-state index contributed by atoms with van der Waals surface area (Å²) >= 11 is 0. The van der Waals surface area contributed by atoms with Crippen LogP contribution in [0.2, 0.25) is 0 Å². The van der Waals surface area contributed by atoms with Crippen molar-refractivity contribution in [3.63, 3.8) is 0 Å². The normalized spacial score (nSPS) is 34.9. The number of hydrogen-bond acceptors (Lipinski definition) is 10. The fourth-order valence-corrected chi connectivity index (χ4v) is 5.36. The Hall–Kier alpha value is -3.32. The monoisotopic (exact) mass is 541 g/mol. The highest BCUT2D eigenvalue weighted by atomic mass is 31.2. The van der Waals surface area contributed by atoms with Crippen LogP contribution in [0, 0.1) is 0 Å². The van der Waals surface area contributed by atoms with Gasteiger partial charge in [-0.15, -0.1) is 0 Å². The molecular formula is C22H25FN3O10P. The molecule has 2 fully saturated rings. The first-order valence-corrected chi connectivity index (χ1v) is 12.8. The number of nitrogens with zero attached hydrogens (tertiary/aromatic N) is 1. The van der Waals surface area contributed by atoms with Crippen molar-refractivity contribution in [2.24, 2.45) is 0 Å². The molecule has 1 aromatic heterocycles. The van der Waals surface area contributed by atoms with E-state index in [1.165, 1.54) is 26.0 Å². The van der Waals surface area contributed by atoms with Crippen molar-refractivity contribution in [3.05, 3.63) is 63.4 Å². The average molecular weight is 541 g/mol. The molecule has 2 saturated heterocycles. The molecule has 0 aliphatic carbocycles. The summed E-state index contributed by atoms with van der Waals surface area (Å²) < 4.78 is 57.7. The number of carbonyl (C=O) groups excluding carboxylic acids is 2. The Labute approximate surface area is 209 Å². The number of fused-ring (bicyclic) bond motifs is 1. The van der Waals surface area contributed by atoms with Gasteiger partial charge in [0.05, 0.1) is 6.61 Å². The lowest BCUT2D eigenvalue weighted by atomic mass is 9.98. The minimum Gasteiger partial charge on any atom is -0.453 e. The van der Waals surface area contributed by atoms with Gasteiger partial charge in [-0.1, -0.05) is 18.2 Å². The van der Waals surface area contributed by atoms with Gasteiger partial charge in [0.15, 0.2) is 24.1 Å². The Balaban J connectivity index is 1.70. The molecule has 0 unspecified atom stereocenters. The lowest BCUT2D eigenvalue weighted by Crippen LogP contribution is -2.48. The number of rotatable bonds is 3. The smallest absolute Gasteiger partial charge is 0.453 e. The molecule has 2 aliphatic heterocycles. The van der Waals surface area contributed by atoms with Crippen LogP contribution in [0.4, 0.5) is 4.39 Å². The number of aromatic amines is 1. The van der Waals surface area contributed by atoms with E-state index in [1.54, 1.807) is 18.2 Å². The Morgan fingerprint density at radius 3 is 2.46 bits per heavy atom. The fourth-order valence-electron chi connectivity index (χ4n) is 3.86. The SMILES string of the molecule is C[C@@H]1N[P@](=O)(Oc2ccccc2)OC[C@H]2O[C@@H](n3ccc(=O)[nH]c3=O)[C@](C)(F)[C@@H]2OC(=O)[C@H](C)OC1=O. The Morgan fingerprint density at radius 1 is 1.08 bits per heavy atom. The van der Waals surface area contributed by atoms with Gasteiger partial charge >= 0.3 is 25.4 Å². The topological polar surface area (TPSA) is 164 Å². The quantitative estimate of drug-likeness (QED) is 0.424. The molecule has 7 atom stereocenters. The molecule has 0 saturated carbocycles. The molecule has 0 amide bonds. The molecule has 0 bridgehead atoms. The summed E-state index contributed by atoms with van der Waals surface area (Å²) in [4.78, 5) is 51.0. The number of halogens is 1. The van der Waals surface area contributed by atoms with Crippen molar-refractivity contribution in [2.75, 3.05) is 6.61 Å². The van der Waals surface area contributed by atoms with Crippen molar-refractivity contribution in [3.8, 4) is 5.75 Å². The largest absolute Gasteiger partial charge is 0.459 e. The van der Waals surface area contributed by atoms with E-state index in [2.05, 4.69) is 5.09 Å². The van der Waals surface area contributed by atoms with E-state index in [4.69, 9.17) is 23.3 Å². The number of nitrogens with one attached hydrogen (secondary N) is 2. The molecule has 2 N–H and O–H groups in total. The van der Waals surface area contributed by atoms with E-state index in [0.717, 1.165) is 23.8 Å². The first kappa shape index (κ1) is 26.7. The van der Waals surface area contributed by atoms with Gasteiger partial charge in [0.25, 0.3) is 5.56 Å². The summed E-state index contributed by atoms with van der Waals surface area (Å²) in [5.74, 6) is -1.91. The number of cyclic esters (lactones) is 1. The summed E-state index contributed by atoms with van der Waals surface area (Å²) in [6.07, 6.45) is -5.20. The zero-order valence-corrected chi connectivity index (χ0v) is 20.9. The molecule has 1 aromatic carbocycles. The molecule has 2 aliphatic rings. The molecule has 3 heterocycles. The van der Waals surface area contributed by atoms with E-state index in [0.29, 0.717) is 0 Å². The molecule has 0 radical (unpaired) electrons. The second kappa shape index (κ2) is 10.2. The van der Waals surface area contributed by atoms with Crippen LogP contribution in [0.1, 0.15) is 27.0 Å². The fraction of sp³-hybridized carbons (Fsp3) is 0.455. The van der Waals surface area contributed by atoms with Gasteiger partial charge in [0.2, 0.25) is 0 Å². The van der Waals surface area contributed by atoms with Crippen molar-refractivity contribution in [1.82, 2.24) is 14.6 Å². The lowest BCUT2D eigenvalue weighted by molar-refractivity contribution is -0.177. The number of H-pyrrole nitrogens is 1. The van der Waals surface area contributed by atoms with E-state index in [1.807, 2.05) is 4.98 Å². The Morgan fingerprint density at radius 2 is 1.78 bits per heavy atom. The third-order valence-electron chi connectivity index (χ3n) is 5.74. The Kier molecular flexibility index (Phi) is 7.38. The predicted molar refractivity (Wildman–Crippen MR) is 123 cm³/mol. The van der Waals surface area contributed by atoms with Crippen LogP contribution in [0.3, 0.4) is 0 Å². The van der Waals surface area contributed by atoms with Crippen LogP contribution in [-0.2, 0) is 32.9 Å². The van der Waals surface area contributed by atoms with Gasteiger partial charge in [-0.2, -0.15) is 5.09 Å². The van der Waals surface area contributed by atoms with Gasteiger partial charge in [-0.05, 0) is 32.9 Å². The number of aromatic nitrogens is 2. The molecule has 4 rings (SSSR count). The minimum absolute atomic E-state index is 0.141. The van der Waals surface area contributed by atoms with Gasteiger partial charge in [0, 0.05) is 12.3 Å². The maximum Gasteiger partial charge on any atom is 0.459 e. The van der Waals surface area contributed by atoms with Crippen LogP contribution in [0.15, 0.2) is 52.2 Å². The molecule has 13 nitrogen and oxygen atoms in total. The molecule has 200 valence electrons. The number of alkyl halides is 1. The first-order chi connectivity index (χ1) is 17.4. The highest BCUT2D eigenvalue weighted by molar-refractivity contribution is 7.52. The van der Waals surface area contributed by atoms with Crippen LogP contribution in [0.5, 0.6) is 5.75 Å². The molecular weight excluding hydrogens is 516 g/mol. The van der Waals surface area contributed by atoms with Gasteiger partial charge in [-0.25, -0.2) is 18.5 Å². The third kappa shape index (κ3) is 5.67. The number of ether oxygens (including phenoxy) is 3. The van der Waals surface area contributed by atoms with Crippen molar-refractivity contribution >= 4 is 19.7 Å². The van der Waals surface area contributed by atoms with E-state index < -0.39 is 73.8 Å². The molecule has 0 spiro atoms. The van der Waals surface area contributed by atoms with Crippen molar-refractivity contribution < 1.29 is 41.8 Å². The first-order valence-electron chi connectivity index (χ1n) is 11.2. The number of esters is 2. The molecule has 37 heavy (non-hydrogen) atoms. The van der Waals surface area contributed by atoms with Crippen LogP contribution >= 0.6 is 7.75 Å². The lowest BCUT2D eigenvalue weighted by Gasteiger charge is -2.30. The average Bonchev–Trinajstić information content (AvgIpc) is 3.07. The second-order valence-corrected chi connectivity index (χ2v) is 10.4. The summed E-state index contributed by atoms with van der Waals surface area (Å²) in [5, 5.41) is 2.44. The number of hydrogen-bond donors (Lipinski definition) is 2. The third-order valence-corrected chi connectivity index (χ3v) is 7.38. The van der Waals surface area contributed by atoms with Gasteiger partial charge in [-0.3, -0.25) is 23.7 Å². The minimum atomic E-state index is -4.32. The summed E-state index contributed by atoms with van der Waals surface area (Å²) in [6, 6.07) is 7.68. The maximum atomic E-state index is 16.2. The van der Waals surface area contributed by atoms with Crippen molar-refractivity contribution in [2.45, 2.75) is 57.0 Å². The Bertz CT molecular complexity index is 1330. The van der Waals surface area contributed by atoms with Crippen LogP contribution in [-0.4, -0.2) is 58.1 Å². The maximum absolute atomic E-state index is 16.2. The molecule has 15 heteroatoms. The van der Waals surface area contributed by atoms with Crippen LogP contribution in [0.25, 0.3) is 0 Å². The van der Waals surface area contributed by atoms with E-state index >= 15 is 4.39 Å². The van der Waals surface area contributed by atoms with E-state index in [-0.39, 0.29) is 5.75 Å². The highest BCUT2D eigenvalue weighted by Gasteiger charge is 2.59. The number of benzene rings is 1. The molecule has 2 aromatic rings. The summed E-state index contributed by atoms with van der Waals surface area (Å²) in [6.45, 7) is 2.93. The summed E-state index contributed by atoms with van der Waals surface area (Å²) in [7, 11) is -4.32. The zero-order chi connectivity index (χ0) is 27.0. The second-order valence-electron chi connectivity index (χ2n) is 8.68. The highest BCUT2D eigenvalue weighted by Crippen LogP contribution is 2.48. The number of carbonyl (C=O) groups is 2. The van der Waals surface area contributed by atoms with Gasteiger partial charge < -0.3 is 18.7 Å². The van der Waals surface area contributed by atoms with Crippen LogP contribution < -0.4 is 20.9 Å². The zero-order valence-electron chi connectivity index (χ0n) is 20.0. The standard InChI is InChI=1S/C22H25FN3O10P/c1-12-18(28)33-13(2)19(29)35-17-15(11-32-37(31,25-12)36-14-7-5-4-6-8-14)34-20(22(17,3)23)26-10-9-16(27)24-21(26)30/h4-10,12-13,15,17,20H,11H2,1-3H3,(H,25,31)(H,24,27,30)/t12-,13-,15+,17+,20+,22+,37+/m0/s1. The summed E-state index contributed by atoms with van der Waals surface area (Å²) in [5.41, 5.74) is -4.23. The predicted octanol–water partition coefficient (Wildman–Crippen LogP) is 1.20. The van der Waals surface area contributed by atoms with E-state index in [9.17, 15) is 23.7 Å².